The van der Waals surface area contributed by atoms with Crippen LogP contribution in [0.5, 0.6) is 5.75 Å². The van der Waals surface area contributed by atoms with Crippen LogP contribution < -0.4 is 4.74 Å². The number of carbonyl (C=O) groups is 1. The van der Waals surface area contributed by atoms with E-state index in [-0.39, 0.29) is 9.50 Å². The van der Waals surface area contributed by atoms with E-state index in [9.17, 15) is 18.0 Å². The Labute approximate surface area is 101 Å². The first-order chi connectivity index (χ1) is 7.20. The van der Waals surface area contributed by atoms with Crippen LogP contribution in [-0.2, 0) is 0 Å². The molecule has 0 heterocycles. The third kappa shape index (κ3) is 3.28. The molecule has 16 heavy (non-hydrogen) atoms. The molecule has 0 unspecified atom stereocenters. The summed E-state index contributed by atoms with van der Waals surface area (Å²) < 4.78 is 39.3. The van der Waals surface area contributed by atoms with Gasteiger partial charge >= 0.3 is 12.3 Å². The van der Waals surface area contributed by atoms with Crippen molar-refractivity contribution in [2.75, 3.05) is 0 Å². The fourth-order valence-corrected chi connectivity index (χ4v) is 1.70. The molecule has 1 aromatic carbocycles. The van der Waals surface area contributed by atoms with Crippen molar-refractivity contribution in [3.63, 3.8) is 0 Å². The van der Waals surface area contributed by atoms with Crippen molar-refractivity contribution in [1.29, 1.82) is 0 Å². The van der Waals surface area contributed by atoms with Gasteiger partial charge in [-0.1, -0.05) is 11.6 Å². The van der Waals surface area contributed by atoms with Crippen LogP contribution >= 0.6 is 27.5 Å². The molecule has 0 spiro atoms. The van der Waals surface area contributed by atoms with Crippen LogP contribution in [0.25, 0.3) is 0 Å². The SMILES string of the molecule is O=C(O)c1cc(OC(F)(F)F)c(Br)cc1Cl. The molecule has 0 saturated heterocycles. The Bertz CT molecular complexity index is 433. The van der Waals surface area contributed by atoms with Gasteiger partial charge in [-0.2, -0.15) is 0 Å². The molecule has 8 heteroatoms. The summed E-state index contributed by atoms with van der Waals surface area (Å²) in [5.41, 5.74) is -0.468. The second-order valence-corrected chi connectivity index (χ2v) is 3.88. The average molecular weight is 319 g/mol. The molecule has 1 aromatic rings. The van der Waals surface area contributed by atoms with E-state index in [4.69, 9.17) is 16.7 Å². The highest BCUT2D eigenvalue weighted by atomic mass is 79.9. The summed E-state index contributed by atoms with van der Waals surface area (Å²) in [6.45, 7) is 0. The first-order valence-corrected chi connectivity index (χ1v) is 4.86. The van der Waals surface area contributed by atoms with Crippen molar-refractivity contribution < 1.29 is 27.8 Å². The van der Waals surface area contributed by atoms with Gasteiger partial charge in [-0.3, -0.25) is 0 Å². The van der Waals surface area contributed by atoms with E-state index in [0.29, 0.717) is 6.07 Å². The van der Waals surface area contributed by atoms with Gasteiger partial charge in [0.1, 0.15) is 5.75 Å². The summed E-state index contributed by atoms with van der Waals surface area (Å²) in [6.07, 6.45) is -4.90. The van der Waals surface area contributed by atoms with Gasteiger partial charge in [0.2, 0.25) is 0 Å². The van der Waals surface area contributed by atoms with Gasteiger partial charge in [-0.25, -0.2) is 4.79 Å². The standard InChI is InChI=1S/C8H3BrClF3O3/c9-4-2-5(10)3(7(14)15)1-6(4)16-8(11,12)13/h1-2H,(H,14,15). The van der Waals surface area contributed by atoms with Crippen LogP contribution in [0.2, 0.25) is 5.02 Å². The molecule has 3 nitrogen and oxygen atoms in total. The van der Waals surface area contributed by atoms with Gasteiger partial charge in [-0.05, 0) is 28.1 Å². The van der Waals surface area contributed by atoms with E-state index in [1.165, 1.54) is 0 Å². The average Bonchev–Trinajstić information content (AvgIpc) is 2.07. The van der Waals surface area contributed by atoms with Gasteiger partial charge in [0.25, 0.3) is 0 Å². The number of carboxylic acids is 1. The van der Waals surface area contributed by atoms with Crippen molar-refractivity contribution in [2.24, 2.45) is 0 Å². The lowest BCUT2D eigenvalue weighted by Crippen LogP contribution is -2.17. The van der Waals surface area contributed by atoms with E-state index < -0.39 is 23.6 Å². The van der Waals surface area contributed by atoms with E-state index in [0.717, 1.165) is 6.07 Å². The second-order valence-electron chi connectivity index (χ2n) is 2.62. The zero-order valence-electron chi connectivity index (χ0n) is 7.31. The number of rotatable bonds is 2. The molecule has 0 atom stereocenters. The number of hydrogen-bond acceptors (Lipinski definition) is 2. The lowest BCUT2D eigenvalue weighted by atomic mass is 10.2. The van der Waals surface area contributed by atoms with Crippen LogP contribution in [0.1, 0.15) is 10.4 Å². The van der Waals surface area contributed by atoms with Crippen LogP contribution in [-0.4, -0.2) is 17.4 Å². The van der Waals surface area contributed by atoms with Crippen LogP contribution in [0, 0.1) is 0 Å². The van der Waals surface area contributed by atoms with Crippen molar-refractivity contribution in [3.05, 3.63) is 27.2 Å². The Hall–Kier alpha value is -0.950. The number of alkyl halides is 3. The zero-order chi connectivity index (χ0) is 12.5. The minimum absolute atomic E-state index is 0.0835. The molecule has 0 radical (unpaired) electrons. The maximum atomic E-state index is 11.9. The Morgan fingerprint density at radius 1 is 1.44 bits per heavy atom. The topological polar surface area (TPSA) is 46.5 Å². The molecule has 0 amide bonds. The van der Waals surface area contributed by atoms with Crippen molar-refractivity contribution in [1.82, 2.24) is 0 Å². The summed E-state index contributed by atoms with van der Waals surface area (Å²) in [5, 5.41) is 8.46. The number of benzene rings is 1. The highest BCUT2D eigenvalue weighted by Crippen LogP contribution is 2.34. The van der Waals surface area contributed by atoms with E-state index in [2.05, 4.69) is 20.7 Å². The number of halogens is 5. The Kier molecular flexibility index (Phi) is 3.69. The fourth-order valence-electron chi connectivity index (χ4n) is 0.896. The Balaban J connectivity index is 3.20. The smallest absolute Gasteiger partial charge is 0.478 e. The zero-order valence-corrected chi connectivity index (χ0v) is 9.65. The van der Waals surface area contributed by atoms with Crippen LogP contribution in [0.4, 0.5) is 13.2 Å². The molecule has 0 saturated carbocycles. The van der Waals surface area contributed by atoms with E-state index >= 15 is 0 Å². The first-order valence-electron chi connectivity index (χ1n) is 3.69. The molecule has 0 aliphatic heterocycles. The summed E-state index contributed by atoms with van der Waals surface area (Å²) >= 11 is 8.30. The van der Waals surface area contributed by atoms with Gasteiger partial charge in [-0.15, -0.1) is 13.2 Å². The highest BCUT2D eigenvalue weighted by Gasteiger charge is 2.32. The van der Waals surface area contributed by atoms with E-state index in [1.54, 1.807) is 0 Å². The fraction of sp³-hybridized carbons (Fsp3) is 0.125. The number of ether oxygens (including phenoxy) is 1. The largest absolute Gasteiger partial charge is 0.573 e. The molecular weight excluding hydrogens is 316 g/mol. The first kappa shape index (κ1) is 13.1. The number of aromatic carboxylic acids is 1. The van der Waals surface area contributed by atoms with Crippen LogP contribution in [0.3, 0.4) is 0 Å². The maximum Gasteiger partial charge on any atom is 0.573 e. The van der Waals surface area contributed by atoms with Gasteiger partial charge in [0.05, 0.1) is 15.1 Å². The molecule has 1 rings (SSSR count). The predicted octanol–water partition coefficient (Wildman–Crippen LogP) is 3.70. The third-order valence-corrected chi connectivity index (χ3v) is 2.41. The lowest BCUT2D eigenvalue weighted by molar-refractivity contribution is -0.274. The Morgan fingerprint density at radius 3 is 2.44 bits per heavy atom. The second kappa shape index (κ2) is 4.50. The number of hydrogen-bond donors (Lipinski definition) is 1. The van der Waals surface area contributed by atoms with Gasteiger partial charge in [0, 0.05) is 0 Å². The van der Waals surface area contributed by atoms with Crippen molar-refractivity contribution in [3.8, 4) is 5.75 Å². The molecule has 1 N–H and O–H groups in total. The maximum absolute atomic E-state index is 11.9. The minimum Gasteiger partial charge on any atom is -0.478 e. The summed E-state index contributed by atoms with van der Waals surface area (Å²) in [5.74, 6) is -2.10. The molecule has 0 bridgehead atoms. The van der Waals surface area contributed by atoms with Crippen molar-refractivity contribution in [2.45, 2.75) is 6.36 Å². The molecule has 0 aliphatic carbocycles. The van der Waals surface area contributed by atoms with Gasteiger partial charge < -0.3 is 9.84 Å². The molecule has 0 fully saturated rings. The van der Waals surface area contributed by atoms with Crippen molar-refractivity contribution >= 4 is 33.5 Å². The summed E-state index contributed by atoms with van der Waals surface area (Å²) in [6, 6.07) is 1.72. The Morgan fingerprint density at radius 2 is 2.00 bits per heavy atom. The van der Waals surface area contributed by atoms with E-state index in [1.807, 2.05) is 0 Å². The van der Waals surface area contributed by atoms with Gasteiger partial charge in [0.15, 0.2) is 0 Å². The summed E-state index contributed by atoms with van der Waals surface area (Å²) in [7, 11) is 0. The number of carboxylic acid groups (broad SMARTS) is 1. The van der Waals surface area contributed by atoms with Crippen LogP contribution in [0.15, 0.2) is 16.6 Å². The molecular formula is C8H3BrClF3O3. The molecule has 88 valence electrons. The minimum atomic E-state index is -4.90. The predicted molar refractivity (Wildman–Crippen MR) is 52.8 cm³/mol. The summed E-state index contributed by atoms with van der Waals surface area (Å²) in [4.78, 5) is 10.6. The normalized spacial score (nSPS) is 11.3. The lowest BCUT2D eigenvalue weighted by Gasteiger charge is -2.11. The molecule has 0 aromatic heterocycles. The highest BCUT2D eigenvalue weighted by molar-refractivity contribution is 9.10. The monoisotopic (exact) mass is 318 g/mol. The quantitative estimate of drug-likeness (QED) is 0.904. The molecule has 0 aliphatic rings. The third-order valence-electron chi connectivity index (χ3n) is 1.48.